The van der Waals surface area contributed by atoms with Crippen molar-refractivity contribution in [1.82, 2.24) is 15.0 Å². The fourth-order valence-electron chi connectivity index (χ4n) is 7.73. The summed E-state index contributed by atoms with van der Waals surface area (Å²) in [6, 6.07) is 57.0. The van der Waals surface area contributed by atoms with Crippen LogP contribution in [0.5, 0.6) is 5.75 Å². The van der Waals surface area contributed by atoms with Crippen LogP contribution in [-0.4, -0.2) is 21.1 Å². The van der Waals surface area contributed by atoms with E-state index >= 15 is 0 Å². The van der Waals surface area contributed by atoms with Crippen molar-refractivity contribution in [2.45, 2.75) is 12.0 Å². The number of fused-ring (bicyclic) bond motifs is 5. The second-order valence-corrected chi connectivity index (χ2v) is 13.1. The molecule has 0 saturated carbocycles. The zero-order valence-electron chi connectivity index (χ0n) is 27.6. The quantitative estimate of drug-likeness (QED) is 0.185. The molecule has 10 rings (SSSR count). The van der Waals surface area contributed by atoms with Crippen molar-refractivity contribution in [2.75, 3.05) is 0 Å². The van der Waals surface area contributed by atoms with E-state index < -0.39 is 0 Å². The predicted octanol–water partition coefficient (Wildman–Crippen LogP) is 11.2. The first kappa shape index (κ1) is 29.3. The van der Waals surface area contributed by atoms with Gasteiger partial charge >= 0.3 is 0 Å². The highest BCUT2D eigenvalue weighted by atomic mass is 16.5. The third-order valence-electron chi connectivity index (χ3n) is 10.2. The lowest BCUT2D eigenvalue weighted by molar-refractivity contribution is 0.281. The SMILES string of the molecule is C1=C(c2ccccc2)C2Oc3ccccc3C2C(c2ccc(-c3nc(-c4ccccc4)nc(-c4ccc5ccccc5c4)n3)c3ccccc23)=C1. The number of hydrogen-bond donors (Lipinski definition) is 0. The minimum absolute atomic E-state index is 0.0528. The standard InChI is InChI=1S/C47H31N3O/c1-3-14-31(15-4-1)35-25-27-39(43-41-21-11-12-22-42(41)51-44(35)43)38-26-28-40(37-20-10-9-19-36(37)38)47-49-45(32-16-5-2-6-17-32)48-46(50-47)34-24-23-30-13-7-8-18-33(30)29-34/h1-29,43-44H. The molecule has 2 atom stereocenters. The van der Waals surface area contributed by atoms with Crippen LogP contribution in [0.1, 0.15) is 22.6 Å². The van der Waals surface area contributed by atoms with E-state index in [1.165, 1.54) is 33.2 Å². The second kappa shape index (κ2) is 12.0. The van der Waals surface area contributed by atoms with Gasteiger partial charge in [0, 0.05) is 27.8 Å². The maximum atomic E-state index is 6.74. The molecule has 0 saturated heterocycles. The van der Waals surface area contributed by atoms with Crippen molar-refractivity contribution in [3.63, 3.8) is 0 Å². The Morgan fingerprint density at radius 2 is 1.00 bits per heavy atom. The first-order chi connectivity index (χ1) is 25.3. The van der Waals surface area contributed by atoms with Gasteiger partial charge < -0.3 is 4.74 Å². The zero-order chi connectivity index (χ0) is 33.7. The van der Waals surface area contributed by atoms with Gasteiger partial charge in [-0.05, 0) is 56.4 Å². The van der Waals surface area contributed by atoms with Crippen LogP contribution in [0.4, 0.5) is 0 Å². The smallest absolute Gasteiger partial charge is 0.164 e. The number of para-hydroxylation sites is 1. The molecule has 240 valence electrons. The molecule has 4 heteroatoms. The molecule has 0 N–H and O–H groups in total. The third-order valence-corrected chi connectivity index (χ3v) is 10.2. The average Bonchev–Trinajstić information content (AvgIpc) is 3.60. The number of allylic oxidation sites excluding steroid dienone is 2. The Hall–Kier alpha value is -6.65. The Balaban J connectivity index is 1.15. The normalized spacial score (nSPS) is 16.2. The van der Waals surface area contributed by atoms with Crippen LogP contribution in [0.15, 0.2) is 176 Å². The van der Waals surface area contributed by atoms with Gasteiger partial charge in [0.25, 0.3) is 0 Å². The van der Waals surface area contributed by atoms with Crippen LogP contribution >= 0.6 is 0 Å². The monoisotopic (exact) mass is 653 g/mol. The molecule has 7 aromatic carbocycles. The van der Waals surface area contributed by atoms with Gasteiger partial charge in [-0.3, -0.25) is 0 Å². The summed E-state index contributed by atoms with van der Waals surface area (Å²) >= 11 is 0. The van der Waals surface area contributed by atoms with Crippen LogP contribution in [0.2, 0.25) is 0 Å². The van der Waals surface area contributed by atoms with Crippen molar-refractivity contribution in [3.8, 4) is 39.9 Å². The number of benzene rings is 7. The Morgan fingerprint density at radius 3 is 1.80 bits per heavy atom. The Labute approximate surface area is 296 Å². The molecule has 51 heavy (non-hydrogen) atoms. The first-order valence-corrected chi connectivity index (χ1v) is 17.3. The summed E-state index contributed by atoms with van der Waals surface area (Å²) in [5.41, 5.74) is 8.88. The lowest BCUT2D eigenvalue weighted by Crippen LogP contribution is -2.24. The summed E-state index contributed by atoms with van der Waals surface area (Å²) in [5.74, 6) is 2.94. The Kier molecular flexibility index (Phi) is 6.91. The molecule has 8 aromatic rings. The van der Waals surface area contributed by atoms with Gasteiger partial charge in [0.2, 0.25) is 0 Å². The number of hydrogen-bond acceptors (Lipinski definition) is 4. The van der Waals surface area contributed by atoms with E-state index in [-0.39, 0.29) is 12.0 Å². The highest BCUT2D eigenvalue weighted by Crippen LogP contribution is 2.52. The Bertz CT molecular complexity index is 2680. The van der Waals surface area contributed by atoms with Crippen LogP contribution in [0.25, 0.3) is 66.9 Å². The minimum atomic E-state index is -0.121. The molecule has 4 nitrogen and oxygen atoms in total. The van der Waals surface area contributed by atoms with Gasteiger partial charge in [0.05, 0.1) is 5.92 Å². The molecule has 0 spiro atoms. The molecule has 0 amide bonds. The first-order valence-electron chi connectivity index (χ1n) is 17.3. The van der Waals surface area contributed by atoms with Crippen molar-refractivity contribution in [2.24, 2.45) is 0 Å². The number of nitrogens with zero attached hydrogens (tertiary/aromatic N) is 3. The number of aromatic nitrogens is 3. The summed E-state index contributed by atoms with van der Waals surface area (Å²) in [4.78, 5) is 15.3. The highest BCUT2D eigenvalue weighted by molar-refractivity contribution is 6.04. The van der Waals surface area contributed by atoms with Gasteiger partial charge in [-0.15, -0.1) is 0 Å². The van der Waals surface area contributed by atoms with Gasteiger partial charge in [0.1, 0.15) is 11.9 Å². The lowest BCUT2D eigenvalue weighted by Gasteiger charge is -2.29. The molecular formula is C47H31N3O. The van der Waals surface area contributed by atoms with E-state index in [1.807, 2.05) is 18.2 Å². The summed E-state index contributed by atoms with van der Waals surface area (Å²) in [7, 11) is 0. The van der Waals surface area contributed by atoms with E-state index in [0.29, 0.717) is 17.5 Å². The van der Waals surface area contributed by atoms with Crippen molar-refractivity contribution >= 4 is 32.7 Å². The van der Waals surface area contributed by atoms with Crippen LogP contribution < -0.4 is 4.74 Å². The molecular weight excluding hydrogens is 623 g/mol. The molecule has 1 aromatic heterocycles. The predicted molar refractivity (Wildman–Crippen MR) is 207 cm³/mol. The van der Waals surface area contributed by atoms with E-state index in [9.17, 15) is 0 Å². The van der Waals surface area contributed by atoms with Crippen molar-refractivity contribution in [3.05, 3.63) is 193 Å². The van der Waals surface area contributed by atoms with E-state index in [0.717, 1.165) is 38.6 Å². The number of rotatable bonds is 5. The van der Waals surface area contributed by atoms with Gasteiger partial charge in [-0.1, -0.05) is 158 Å². The molecule has 1 aliphatic heterocycles. The molecule has 2 unspecified atom stereocenters. The zero-order valence-corrected chi connectivity index (χ0v) is 27.6. The van der Waals surface area contributed by atoms with Gasteiger partial charge in [0.15, 0.2) is 17.5 Å². The highest BCUT2D eigenvalue weighted by Gasteiger charge is 2.41. The lowest BCUT2D eigenvalue weighted by atomic mass is 9.76. The second-order valence-electron chi connectivity index (χ2n) is 13.1. The third kappa shape index (κ3) is 5.03. The van der Waals surface area contributed by atoms with Crippen molar-refractivity contribution in [1.29, 1.82) is 0 Å². The van der Waals surface area contributed by atoms with Crippen LogP contribution in [0.3, 0.4) is 0 Å². The Morgan fingerprint density at radius 1 is 0.412 bits per heavy atom. The van der Waals surface area contributed by atoms with Gasteiger partial charge in [-0.25, -0.2) is 15.0 Å². The van der Waals surface area contributed by atoms with Crippen molar-refractivity contribution < 1.29 is 4.74 Å². The van der Waals surface area contributed by atoms with Gasteiger partial charge in [-0.2, -0.15) is 0 Å². The summed E-state index contributed by atoms with van der Waals surface area (Å²) in [6.45, 7) is 0. The molecule has 2 heterocycles. The van der Waals surface area contributed by atoms with Crippen LogP contribution in [0, 0.1) is 0 Å². The average molecular weight is 654 g/mol. The largest absolute Gasteiger partial charge is 0.484 e. The van der Waals surface area contributed by atoms with Crippen LogP contribution in [-0.2, 0) is 0 Å². The number of ether oxygens (including phenoxy) is 1. The molecule has 1 aliphatic carbocycles. The maximum Gasteiger partial charge on any atom is 0.164 e. The summed E-state index contributed by atoms with van der Waals surface area (Å²) in [5, 5.41) is 4.57. The fourth-order valence-corrected chi connectivity index (χ4v) is 7.73. The summed E-state index contributed by atoms with van der Waals surface area (Å²) in [6.07, 6.45) is 4.42. The molecule has 2 aliphatic rings. The maximum absolute atomic E-state index is 6.74. The minimum Gasteiger partial charge on any atom is -0.484 e. The van der Waals surface area contributed by atoms with E-state index in [4.69, 9.17) is 19.7 Å². The fraction of sp³-hybridized carbons (Fsp3) is 0.0426. The molecule has 0 fully saturated rings. The molecule has 0 radical (unpaired) electrons. The molecule has 0 bridgehead atoms. The van der Waals surface area contributed by atoms with E-state index in [2.05, 4.69) is 158 Å². The summed E-state index contributed by atoms with van der Waals surface area (Å²) < 4.78 is 6.74. The topological polar surface area (TPSA) is 47.9 Å². The van der Waals surface area contributed by atoms with E-state index in [1.54, 1.807) is 0 Å².